The molecule has 0 bridgehead atoms. The maximum absolute atomic E-state index is 12.9. The molecule has 0 spiro atoms. The highest BCUT2D eigenvalue weighted by Gasteiger charge is 2.24. The van der Waals surface area contributed by atoms with Crippen LogP contribution < -0.4 is 10.0 Å². The molecule has 1 fully saturated rings. The number of sulfonamides is 1. The highest BCUT2D eigenvalue weighted by molar-refractivity contribution is 7.89. The molecule has 11 heteroatoms. The molecule has 1 atom stereocenters. The number of benzene rings is 1. The fourth-order valence-electron chi connectivity index (χ4n) is 3.87. The lowest BCUT2D eigenvalue weighted by molar-refractivity contribution is 0.0521. The van der Waals surface area contributed by atoms with Crippen molar-refractivity contribution in [1.29, 1.82) is 0 Å². The lowest BCUT2D eigenvalue weighted by Gasteiger charge is -2.24. The summed E-state index contributed by atoms with van der Waals surface area (Å²) in [5.74, 6) is 0.838. The highest BCUT2D eigenvalue weighted by Crippen LogP contribution is 2.22. The molecule has 1 saturated carbocycles. The average Bonchev–Trinajstić information content (AvgIpc) is 3.30. The van der Waals surface area contributed by atoms with Crippen LogP contribution in [0.25, 0.3) is 0 Å². The Hall–Kier alpha value is -2.50. The normalized spacial score (nSPS) is 15.1. The van der Waals surface area contributed by atoms with Crippen LogP contribution in [0.5, 0.6) is 0 Å². The van der Waals surface area contributed by atoms with E-state index in [4.69, 9.17) is 4.74 Å². The van der Waals surface area contributed by atoms with Crippen molar-refractivity contribution in [2.75, 3.05) is 25.4 Å². The van der Waals surface area contributed by atoms with E-state index >= 15 is 0 Å². The van der Waals surface area contributed by atoms with E-state index in [1.54, 1.807) is 0 Å². The van der Waals surface area contributed by atoms with Gasteiger partial charge >= 0.3 is 6.09 Å². The first-order valence-electron chi connectivity index (χ1n) is 12.5. The summed E-state index contributed by atoms with van der Waals surface area (Å²) in [5.41, 5.74) is 1.11. The number of carbonyl (C=O) groups is 1. The number of carbonyl (C=O) groups excluding carboxylic acids is 1. The van der Waals surface area contributed by atoms with Crippen molar-refractivity contribution in [2.45, 2.75) is 71.1 Å². The van der Waals surface area contributed by atoms with Crippen LogP contribution in [0.15, 0.2) is 30.3 Å². The predicted molar refractivity (Wildman–Crippen MR) is 134 cm³/mol. The molecule has 0 saturated heterocycles. The Morgan fingerprint density at radius 3 is 2.63 bits per heavy atom. The Morgan fingerprint density at radius 2 is 1.97 bits per heavy atom. The quantitative estimate of drug-likeness (QED) is 0.339. The van der Waals surface area contributed by atoms with Gasteiger partial charge in [-0.25, -0.2) is 22.9 Å². The molecule has 0 aliphatic heterocycles. The van der Waals surface area contributed by atoms with E-state index < -0.39 is 22.2 Å². The molecule has 1 aliphatic rings. The van der Waals surface area contributed by atoms with Crippen LogP contribution in [0.2, 0.25) is 0 Å². The van der Waals surface area contributed by atoms with Gasteiger partial charge in [0.15, 0.2) is 5.82 Å². The fraction of sp³-hybridized carbons (Fsp3) is 0.625. The first-order chi connectivity index (χ1) is 16.9. The molecular weight excluding hydrogens is 468 g/mol. The molecule has 194 valence electrons. The zero-order chi connectivity index (χ0) is 25.1. The number of aryl methyl sites for hydroxylation is 1. The van der Waals surface area contributed by atoms with Crippen molar-refractivity contribution < 1.29 is 17.9 Å². The molecule has 1 amide bonds. The molecule has 0 radical (unpaired) electrons. The van der Waals surface area contributed by atoms with Gasteiger partial charge in [-0.2, -0.15) is 5.10 Å². The van der Waals surface area contributed by atoms with Gasteiger partial charge in [-0.05, 0) is 63.7 Å². The van der Waals surface area contributed by atoms with Gasteiger partial charge in [0.25, 0.3) is 0 Å². The van der Waals surface area contributed by atoms with Gasteiger partial charge in [-0.3, -0.25) is 5.10 Å². The number of hydrogen-bond acceptors (Lipinski definition) is 7. The number of amides is 1. The summed E-state index contributed by atoms with van der Waals surface area (Å²) >= 11 is 0. The maximum Gasteiger partial charge on any atom is 0.407 e. The molecular formula is C24H38N6O4S. The van der Waals surface area contributed by atoms with E-state index in [1.807, 2.05) is 30.3 Å². The lowest BCUT2D eigenvalue weighted by Crippen LogP contribution is -2.33. The van der Waals surface area contributed by atoms with Gasteiger partial charge in [0, 0.05) is 0 Å². The molecule has 3 rings (SSSR count). The van der Waals surface area contributed by atoms with Crippen LogP contribution in [-0.4, -0.2) is 66.1 Å². The van der Waals surface area contributed by atoms with Crippen LogP contribution >= 0.6 is 0 Å². The van der Waals surface area contributed by atoms with Crippen LogP contribution in [0.4, 0.5) is 4.79 Å². The van der Waals surface area contributed by atoms with Gasteiger partial charge in [0.1, 0.15) is 11.9 Å². The topological polar surface area (TPSA) is 129 Å². The number of H-pyrrole nitrogens is 1. The number of ether oxygens (including phenoxy) is 1. The van der Waals surface area contributed by atoms with Gasteiger partial charge in [0.05, 0.1) is 18.3 Å². The lowest BCUT2D eigenvalue weighted by atomic mass is 9.96. The minimum atomic E-state index is -3.53. The Bertz CT molecular complexity index is 1010. The Balaban J connectivity index is 1.60. The summed E-state index contributed by atoms with van der Waals surface area (Å²) in [5, 5.41) is 9.73. The standard InChI is InChI=1S/C24H38N6O4S/c1-3-30(4-2)16-9-17-35(32,33)29-21(15-14-19-10-6-5-7-11-19)23-26-22(27-28-23)18-25-24(31)34-20-12-8-13-20/h5-7,10-11,20-21,29H,3-4,8-9,12-18H2,1-2H3,(H,25,31)(H,26,27,28)/t21-/m1/s1. The second kappa shape index (κ2) is 13.6. The molecule has 1 aliphatic carbocycles. The largest absolute Gasteiger partial charge is 0.446 e. The second-order valence-electron chi connectivity index (χ2n) is 8.85. The first-order valence-corrected chi connectivity index (χ1v) is 14.2. The molecule has 2 aromatic rings. The third-order valence-electron chi connectivity index (χ3n) is 6.25. The molecule has 1 heterocycles. The van der Waals surface area contributed by atoms with Crippen molar-refractivity contribution in [3.63, 3.8) is 0 Å². The van der Waals surface area contributed by atoms with E-state index in [2.05, 4.69) is 44.0 Å². The summed E-state index contributed by atoms with van der Waals surface area (Å²) in [7, 11) is -3.53. The zero-order valence-corrected chi connectivity index (χ0v) is 21.5. The summed E-state index contributed by atoms with van der Waals surface area (Å²) in [4.78, 5) is 18.6. The number of aromatic amines is 1. The third-order valence-corrected chi connectivity index (χ3v) is 7.72. The Kier molecular flexibility index (Phi) is 10.5. The summed E-state index contributed by atoms with van der Waals surface area (Å²) < 4.78 is 33.8. The Labute approximate surface area is 208 Å². The molecule has 10 nitrogen and oxygen atoms in total. The van der Waals surface area contributed by atoms with Crippen LogP contribution in [0.1, 0.15) is 69.2 Å². The average molecular weight is 507 g/mol. The number of aromatic nitrogens is 3. The van der Waals surface area contributed by atoms with Crippen LogP contribution in [0, 0.1) is 0 Å². The molecule has 1 aromatic carbocycles. The molecule has 0 unspecified atom stereocenters. The molecule has 3 N–H and O–H groups in total. The van der Waals surface area contributed by atoms with Crippen molar-refractivity contribution in [2.24, 2.45) is 0 Å². The second-order valence-corrected chi connectivity index (χ2v) is 10.7. The number of hydrogen-bond donors (Lipinski definition) is 3. The van der Waals surface area contributed by atoms with Gasteiger partial charge in [-0.1, -0.05) is 44.2 Å². The molecule has 1 aromatic heterocycles. The van der Waals surface area contributed by atoms with E-state index in [0.717, 1.165) is 44.5 Å². The minimum Gasteiger partial charge on any atom is -0.446 e. The van der Waals surface area contributed by atoms with Crippen LogP contribution in [0.3, 0.4) is 0 Å². The SMILES string of the molecule is CCN(CC)CCCS(=O)(=O)N[C@H](CCc1ccccc1)c1n[nH]c(CNC(=O)OC2CCC2)n1. The van der Waals surface area contributed by atoms with Gasteiger partial charge in [-0.15, -0.1) is 0 Å². The third kappa shape index (κ3) is 9.23. The smallest absolute Gasteiger partial charge is 0.407 e. The monoisotopic (exact) mass is 506 g/mol. The highest BCUT2D eigenvalue weighted by atomic mass is 32.2. The van der Waals surface area contributed by atoms with Crippen molar-refractivity contribution in [3.8, 4) is 0 Å². The number of nitrogens with one attached hydrogen (secondary N) is 3. The summed E-state index contributed by atoms with van der Waals surface area (Å²) in [6.07, 6.45) is 4.13. The number of nitrogens with zero attached hydrogens (tertiary/aromatic N) is 3. The zero-order valence-electron chi connectivity index (χ0n) is 20.7. The predicted octanol–water partition coefficient (Wildman–Crippen LogP) is 2.91. The molecule has 35 heavy (non-hydrogen) atoms. The summed E-state index contributed by atoms with van der Waals surface area (Å²) in [6, 6.07) is 9.31. The first kappa shape index (κ1) is 27.1. The van der Waals surface area contributed by atoms with Gasteiger partial charge < -0.3 is 15.0 Å². The minimum absolute atomic E-state index is 0.00112. The fourth-order valence-corrected chi connectivity index (χ4v) is 5.16. The number of alkyl carbamates (subject to hydrolysis) is 1. The van der Waals surface area contributed by atoms with Crippen molar-refractivity contribution in [1.82, 2.24) is 30.1 Å². The van der Waals surface area contributed by atoms with E-state index in [0.29, 0.717) is 30.9 Å². The van der Waals surface area contributed by atoms with E-state index in [-0.39, 0.29) is 18.4 Å². The number of rotatable bonds is 15. The van der Waals surface area contributed by atoms with Crippen LogP contribution in [-0.2, 0) is 27.7 Å². The van der Waals surface area contributed by atoms with Crippen molar-refractivity contribution >= 4 is 16.1 Å². The Morgan fingerprint density at radius 1 is 1.23 bits per heavy atom. The van der Waals surface area contributed by atoms with Gasteiger partial charge in [0.2, 0.25) is 10.0 Å². The summed E-state index contributed by atoms with van der Waals surface area (Å²) in [6.45, 7) is 6.78. The van der Waals surface area contributed by atoms with E-state index in [1.165, 1.54) is 0 Å². The maximum atomic E-state index is 12.9. The van der Waals surface area contributed by atoms with E-state index in [9.17, 15) is 13.2 Å². The van der Waals surface area contributed by atoms with Crippen molar-refractivity contribution in [3.05, 3.63) is 47.5 Å².